The lowest BCUT2D eigenvalue weighted by molar-refractivity contribution is -0.119. The van der Waals surface area contributed by atoms with Gasteiger partial charge >= 0.3 is 0 Å². The predicted octanol–water partition coefficient (Wildman–Crippen LogP) is 5.66. The summed E-state index contributed by atoms with van der Waals surface area (Å²) in [5.41, 5.74) is 0. The van der Waals surface area contributed by atoms with Crippen LogP contribution in [0, 0.1) is 11.8 Å². The first-order valence-corrected chi connectivity index (χ1v) is 9.42. The lowest BCUT2D eigenvalue weighted by Gasteiger charge is -2.23. The van der Waals surface area contributed by atoms with Crippen molar-refractivity contribution in [3.63, 3.8) is 0 Å². The van der Waals surface area contributed by atoms with Crippen molar-refractivity contribution in [3.05, 3.63) is 0 Å². The van der Waals surface area contributed by atoms with Crippen molar-refractivity contribution in [2.75, 3.05) is 19.3 Å². The second-order valence-corrected chi connectivity index (χ2v) is 7.61. The average molecular weight is 322 g/mol. The Balaban J connectivity index is -0.000000151. The molecule has 132 valence electrons. The second-order valence-electron chi connectivity index (χ2n) is 5.93. The van der Waals surface area contributed by atoms with E-state index in [2.05, 4.69) is 39.9 Å². The van der Waals surface area contributed by atoms with Crippen LogP contribution in [0.5, 0.6) is 0 Å². The van der Waals surface area contributed by atoms with Crippen molar-refractivity contribution < 1.29 is 4.79 Å². The molecule has 0 aliphatic rings. The fraction of sp³-hybridized carbons (Fsp3) is 0.944. The van der Waals surface area contributed by atoms with E-state index in [1.54, 1.807) is 11.8 Å². The van der Waals surface area contributed by atoms with E-state index in [-0.39, 0.29) is 10.7 Å². The number of Topliss-reactive ketones (excluding diaryl/α,β-unsaturated/α-hetero) is 1. The van der Waals surface area contributed by atoms with Crippen LogP contribution in [-0.2, 0) is 4.79 Å². The number of nitrogens with one attached hydrogen (secondary N) is 1. The second kappa shape index (κ2) is 20.0. The molecule has 0 rings (SSSR count). The third kappa shape index (κ3) is 33.0. The zero-order valence-electron chi connectivity index (χ0n) is 16.9. The molecule has 0 aromatic heterocycles. The number of rotatable bonds is 6. The SMILES string of the molecule is CC.CC.CC(C)C.CNCC(C)(C)SCC(=O)C(C)C. The molecule has 21 heavy (non-hydrogen) atoms. The topological polar surface area (TPSA) is 29.1 Å². The van der Waals surface area contributed by atoms with Crippen LogP contribution in [0.4, 0.5) is 0 Å². The van der Waals surface area contributed by atoms with Crippen molar-refractivity contribution in [1.82, 2.24) is 5.32 Å². The van der Waals surface area contributed by atoms with Crippen molar-refractivity contribution in [2.24, 2.45) is 11.8 Å². The first-order valence-electron chi connectivity index (χ1n) is 8.43. The summed E-state index contributed by atoms with van der Waals surface area (Å²) in [5, 5.41) is 3.13. The van der Waals surface area contributed by atoms with Gasteiger partial charge in [-0.25, -0.2) is 0 Å². The summed E-state index contributed by atoms with van der Waals surface area (Å²) >= 11 is 1.73. The van der Waals surface area contributed by atoms with Crippen LogP contribution in [0.1, 0.15) is 76.2 Å². The summed E-state index contributed by atoms with van der Waals surface area (Å²) in [6.07, 6.45) is 0. The molecule has 0 spiro atoms. The average Bonchev–Trinajstić information content (AvgIpc) is 2.40. The normalized spacial score (nSPS) is 9.81. The maximum Gasteiger partial charge on any atom is 0.145 e. The van der Waals surface area contributed by atoms with E-state index in [4.69, 9.17) is 0 Å². The Hall–Kier alpha value is -0.0200. The Bertz CT molecular complexity index is 199. The maximum absolute atomic E-state index is 11.4. The van der Waals surface area contributed by atoms with E-state index in [1.165, 1.54) is 0 Å². The molecular weight excluding hydrogens is 278 g/mol. The van der Waals surface area contributed by atoms with Crippen LogP contribution in [0.3, 0.4) is 0 Å². The quantitative estimate of drug-likeness (QED) is 0.684. The van der Waals surface area contributed by atoms with Crippen LogP contribution in [-0.4, -0.2) is 29.9 Å². The van der Waals surface area contributed by atoms with E-state index in [9.17, 15) is 4.79 Å². The van der Waals surface area contributed by atoms with E-state index in [1.807, 2.05) is 48.6 Å². The molecule has 0 atom stereocenters. The van der Waals surface area contributed by atoms with Gasteiger partial charge in [-0.3, -0.25) is 4.79 Å². The van der Waals surface area contributed by atoms with Gasteiger partial charge in [-0.2, -0.15) is 0 Å². The lowest BCUT2D eigenvalue weighted by Crippen LogP contribution is -2.31. The monoisotopic (exact) mass is 321 g/mol. The highest BCUT2D eigenvalue weighted by atomic mass is 32.2. The third-order valence-electron chi connectivity index (χ3n) is 1.85. The van der Waals surface area contributed by atoms with Gasteiger partial charge in [0.2, 0.25) is 0 Å². The maximum atomic E-state index is 11.4. The molecule has 0 saturated heterocycles. The first kappa shape index (κ1) is 29.0. The largest absolute Gasteiger partial charge is 0.318 e. The minimum absolute atomic E-state index is 0.152. The zero-order valence-corrected chi connectivity index (χ0v) is 17.7. The summed E-state index contributed by atoms with van der Waals surface area (Å²) in [4.78, 5) is 11.4. The van der Waals surface area contributed by atoms with Crippen molar-refractivity contribution >= 4 is 17.5 Å². The van der Waals surface area contributed by atoms with Crippen molar-refractivity contribution in [2.45, 2.75) is 80.9 Å². The molecule has 0 aliphatic carbocycles. The first-order chi connectivity index (χ1) is 9.62. The summed E-state index contributed by atoms with van der Waals surface area (Å²) in [7, 11) is 1.94. The molecule has 3 heteroatoms. The van der Waals surface area contributed by atoms with Crippen LogP contribution in [0.25, 0.3) is 0 Å². The molecular formula is C18H43NOS. The molecule has 0 aliphatic heterocycles. The molecule has 0 aromatic rings. The summed E-state index contributed by atoms with van der Waals surface area (Å²) in [6, 6.07) is 0. The Labute approximate surface area is 140 Å². The number of hydrogen-bond donors (Lipinski definition) is 1. The van der Waals surface area contributed by atoms with Gasteiger partial charge in [-0.1, -0.05) is 62.3 Å². The zero-order chi connectivity index (χ0) is 18.1. The van der Waals surface area contributed by atoms with Crippen LogP contribution in [0.2, 0.25) is 0 Å². The van der Waals surface area contributed by atoms with Gasteiger partial charge in [-0.15, -0.1) is 11.8 Å². The van der Waals surface area contributed by atoms with Gasteiger partial charge in [0, 0.05) is 17.2 Å². The van der Waals surface area contributed by atoms with E-state index in [0.29, 0.717) is 11.5 Å². The highest BCUT2D eigenvalue weighted by Crippen LogP contribution is 2.23. The number of carbonyl (C=O) groups is 1. The van der Waals surface area contributed by atoms with Crippen LogP contribution >= 0.6 is 11.8 Å². The van der Waals surface area contributed by atoms with Crippen molar-refractivity contribution in [1.29, 1.82) is 0 Å². The molecule has 0 radical (unpaired) electrons. The van der Waals surface area contributed by atoms with E-state index >= 15 is 0 Å². The van der Waals surface area contributed by atoms with Crippen LogP contribution in [0.15, 0.2) is 0 Å². The van der Waals surface area contributed by atoms with Gasteiger partial charge in [0.25, 0.3) is 0 Å². The Kier molecular flexibility index (Phi) is 27.6. The fourth-order valence-electron chi connectivity index (χ4n) is 0.910. The van der Waals surface area contributed by atoms with Gasteiger partial charge in [0.1, 0.15) is 5.78 Å². The van der Waals surface area contributed by atoms with Gasteiger partial charge in [-0.05, 0) is 26.8 Å². The minimum atomic E-state index is 0.152. The Morgan fingerprint density at radius 3 is 1.57 bits per heavy atom. The van der Waals surface area contributed by atoms with Gasteiger partial charge in [0.15, 0.2) is 0 Å². The summed E-state index contributed by atoms with van der Waals surface area (Å²) < 4.78 is 0.152. The summed E-state index contributed by atoms with van der Waals surface area (Å²) in [6.45, 7) is 23.6. The highest BCUT2D eigenvalue weighted by Gasteiger charge is 2.19. The van der Waals surface area contributed by atoms with Gasteiger partial charge in [0.05, 0.1) is 5.75 Å². The van der Waals surface area contributed by atoms with Gasteiger partial charge < -0.3 is 5.32 Å². The molecule has 2 nitrogen and oxygen atoms in total. The molecule has 0 fully saturated rings. The third-order valence-corrected chi connectivity index (χ3v) is 3.21. The molecule has 0 unspecified atom stereocenters. The molecule has 0 aromatic carbocycles. The smallest absolute Gasteiger partial charge is 0.145 e. The predicted molar refractivity (Wildman–Crippen MR) is 104 cm³/mol. The number of hydrogen-bond acceptors (Lipinski definition) is 3. The Morgan fingerprint density at radius 2 is 1.33 bits per heavy atom. The Morgan fingerprint density at radius 1 is 1.00 bits per heavy atom. The molecule has 0 amide bonds. The fourth-order valence-corrected chi connectivity index (χ4v) is 2.02. The number of ketones is 1. The van der Waals surface area contributed by atoms with Crippen molar-refractivity contribution in [3.8, 4) is 0 Å². The molecule has 1 N–H and O–H groups in total. The number of thioether (sulfide) groups is 1. The van der Waals surface area contributed by atoms with E-state index in [0.717, 1.165) is 12.5 Å². The lowest BCUT2D eigenvalue weighted by atomic mass is 10.1. The summed E-state index contributed by atoms with van der Waals surface area (Å²) in [5.74, 6) is 1.97. The number of carbonyl (C=O) groups excluding carboxylic acids is 1. The molecule has 0 heterocycles. The highest BCUT2D eigenvalue weighted by molar-refractivity contribution is 8.01. The molecule has 0 saturated carbocycles. The molecule has 0 bridgehead atoms. The minimum Gasteiger partial charge on any atom is -0.318 e. The van der Waals surface area contributed by atoms with E-state index < -0.39 is 0 Å². The van der Waals surface area contributed by atoms with Crippen LogP contribution < -0.4 is 5.32 Å². The standard InChI is InChI=1S/C10H21NOS.C4H10.2C2H6/c1-8(2)9(12)6-13-10(3,4)7-11-5;1-4(2)3;2*1-2/h8,11H,6-7H2,1-5H3;4H,1-3H3;2*1-2H3.